The van der Waals surface area contributed by atoms with Crippen LogP contribution in [0.3, 0.4) is 0 Å². The molecule has 2 aromatic rings. The van der Waals surface area contributed by atoms with E-state index >= 15 is 4.39 Å². The summed E-state index contributed by atoms with van der Waals surface area (Å²) in [7, 11) is 0. The van der Waals surface area contributed by atoms with E-state index in [9.17, 15) is 9.18 Å². The van der Waals surface area contributed by atoms with Crippen molar-refractivity contribution in [3.05, 3.63) is 76.4 Å². The molecule has 0 unspecified atom stereocenters. The van der Waals surface area contributed by atoms with E-state index < -0.39 is 17.5 Å². The van der Waals surface area contributed by atoms with E-state index in [0.717, 1.165) is 11.1 Å². The van der Waals surface area contributed by atoms with Gasteiger partial charge in [0.05, 0.1) is 0 Å². The molecule has 4 rings (SSSR count). The highest BCUT2D eigenvalue weighted by atomic mass is 19.1. The van der Waals surface area contributed by atoms with Crippen molar-refractivity contribution in [2.24, 2.45) is 11.5 Å². The van der Waals surface area contributed by atoms with Gasteiger partial charge in [0.15, 0.2) is 11.9 Å². The number of amides is 1. The number of nitrogens with two attached hydrogens (primary N) is 2. The third-order valence-corrected chi connectivity index (χ3v) is 6.66. The molecule has 2 aliphatic rings. The summed E-state index contributed by atoms with van der Waals surface area (Å²) in [5.74, 6) is -1.52. The van der Waals surface area contributed by atoms with Gasteiger partial charge < -0.3 is 26.6 Å². The molecule has 0 atom stereocenters. The molecule has 1 amide bonds. The van der Waals surface area contributed by atoms with Gasteiger partial charge in [-0.3, -0.25) is 15.6 Å². The number of rotatable bonds is 4. The van der Waals surface area contributed by atoms with Gasteiger partial charge in [-0.05, 0) is 55.2 Å². The molecule has 2 heterocycles. The highest BCUT2D eigenvalue weighted by Crippen LogP contribution is 2.30. The predicted octanol–water partition coefficient (Wildman–Crippen LogP) is 3.49. The lowest BCUT2D eigenvalue weighted by Gasteiger charge is -2.27. The van der Waals surface area contributed by atoms with Crippen molar-refractivity contribution in [3.63, 3.8) is 0 Å². The first-order valence-corrected chi connectivity index (χ1v) is 11.6. The first-order valence-electron chi connectivity index (χ1n) is 11.6. The fraction of sp³-hybridized carbons (Fsp3) is 0.269. The van der Waals surface area contributed by atoms with Gasteiger partial charge in [-0.25, -0.2) is 8.78 Å². The zero-order chi connectivity index (χ0) is 26.0. The summed E-state index contributed by atoms with van der Waals surface area (Å²) in [4.78, 5) is 16.2. The van der Waals surface area contributed by atoms with Crippen molar-refractivity contribution < 1.29 is 13.6 Å². The average Bonchev–Trinajstić information content (AvgIpc) is 2.87. The number of anilines is 1. The fourth-order valence-corrected chi connectivity index (χ4v) is 4.44. The Morgan fingerprint density at radius 1 is 0.917 bits per heavy atom. The van der Waals surface area contributed by atoms with Crippen LogP contribution in [0.2, 0.25) is 0 Å². The predicted molar refractivity (Wildman–Crippen MR) is 138 cm³/mol. The molecule has 188 valence electrons. The van der Waals surface area contributed by atoms with Crippen molar-refractivity contribution >= 4 is 34.7 Å². The van der Waals surface area contributed by atoms with Crippen molar-refractivity contribution in [3.8, 4) is 0 Å². The molecule has 0 radical (unpaired) electrons. The summed E-state index contributed by atoms with van der Waals surface area (Å²) in [6.45, 7) is 3.51. The minimum atomic E-state index is -0.537. The minimum absolute atomic E-state index is 0.0143. The zero-order valence-electron chi connectivity index (χ0n) is 20.0. The lowest BCUT2D eigenvalue weighted by Crippen LogP contribution is -2.39. The van der Waals surface area contributed by atoms with E-state index in [-0.39, 0.29) is 23.0 Å². The van der Waals surface area contributed by atoms with Gasteiger partial charge in [-0.15, -0.1) is 0 Å². The Kier molecular flexibility index (Phi) is 7.05. The molecular formula is C26H29F2N7O. The van der Waals surface area contributed by atoms with Crippen LogP contribution in [-0.2, 0) is 0 Å². The summed E-state index contributed by atoms with van der Waals surface area (Å²) in [6.07, 6.45) is 4.77. The van der Waals surface area contributed by atoms with Gasteiger partial charge in [-0.2, -0.15) is 0 Å². The number of benzene rings is 2. The maximum absolute atomic E-state index is 15.2. The molecule has 0 aromatic heterocycles. The molecule has 0 aliphatic carbocycles. The van der Waals surface area contributed by atoms with Crippen LogP contribution in [0.25, 0.3) is 11.1 Å². The van der Waals surface area contributed by atoms with E-state index in [4.69, 9.17) is 22.3 Å². The Balaban J connectivity index is 1.48. The quantitative estimate of drug-likeness (QED) is 0.328. The number of halogens is 2. The van der Waals surface area contributed by atoms with Gasteiger partial charge >= 0.3 is 0 Å². The average molecular weight is 494 g/mol. The van der Waals surface area contributed by atoms with Crippen molar-refractivity contribution in [1.29, 1.82) is 10.8 Å². The van der Waals surface area contributed by atoms with Crippen LogP contribution in [0, 0.1) is 29.4 Å². The summed E-state index contributed by atoms with van der Waals surface area (Å²) >= 11 is 0. The zero-order valence-corrected chi connectivity index (χ0v) is 20.0. The smallest absolute Gasteiger partial charge is 0.255 e. The van der Waals surface area contributed by atoms with Crippen molar-refractivity contribution in [2.75, 3.05) is 31.5 Å². The molecule has 0 saturated carbocycles. The monoisotopic (exact) mass is 493 g/mol. The number of carbonyl (C=O) groups excluding carboxylic acids is 1. The second-order valence-electron chi connectivity index (χ2n) is 8.87. The SMILES string of the molecule is Cc1c(NC(=O)c2ccc(C3=CCN(C(=N)N)CC3)c(F)c2)ccc(C2=CCN(C(=N)N)CC2)c1F. The van der Waals surface area contributed by atoms with Crippen LogP contribution in [0.15, 0.2) is 42.5 Å². The Labute approximate surface area is 208 Å². The number of carbonyl (C=O) groups is 1. The van der Waals surface area contributed by atoms with E-state index in [1.807, 2.05) is 12.2 Å². The molecule has 0 bridgehead atoms. The second kappa shape index (κ2) is 10.2. The fourth-order valence-electron chi connectivity index (χ4n) is 4.44. The number of nitrogens with zero attached hydrogens (tertiary/aromatic N) is 2. The van der Waals surface area contributed by atoms with Gasteiger partial charge in [0.25, 0.3) is 5.91 Å². The summed E-state index contributed by atoms with van der Waals surface area (Å²) in [5, 5.41) is 17.7. The van der Waals surface area contributed by atoms with Crippen LogP contribution in [-0.4, -0.2) is 53.8 Å². The Bertz CT molecular complexity index is 1300. The van der Waals surface area contributed by atoms with Crippen molar-refractivity contribution in [1.82, 2.24) is 9.80 Å². The lowest BCUT2D eigenvalue weighted by molar-refractivity contribution is 0.102. The Hall–Kier alpha value is -4.21. The van der Waals surface area contributed by atoms with Gasteiger partial charge in [-0.1, -0.05) is 18.2 Å². The Morgan fingerprint density at radius 3 is 1.97 bits per heavy atom. The third kappa shape index (κ3) is 5.07. The maximum Gasteiger partial charge on any atom is 0.255 e. The molecule has 8 nitrogen and oxygen atoms in total. The molecule has 2 aromatic carbocycles. The Morgan fingerprint density at radius 2 is 1.47 bits per heavy atom. The molecular weight excluding hydrogens is 464 g/mol. The van der Waals surface area contributed by atoms with Crippen LogP contribution in [0.4, 0.5) is 14.5 Å². The van der Waals surface area contributed by atoms with E-state index in [1.54, 1.807) is 41.0 Å². The van der Waals surface area contributed by atoms with Gasteiger partial charge in [0.1, 0.15) is 11.6 Å². The summed E-state index contributed by atoms with van der Waals surface area (Å²) in [5.41, 5.74) is 14.2. The summed E-state index contributed by atoms with van der Waals surface area (Å²) in [6, 6.07) is 7.55. The normalized spacial score (nSPS) is 15.8. The molecule has 10 heteroatoms. The second-order valence-corrected chi connectivity index (χ2v) is 8.87. The summed E-state index contributed by atoms with van der Waals surface area (Å²) < 4.78 is 30.1. The minimum Gasteiger partial charge on any atom is -0.370 e. The number of hydrogen-bond acceptors (Lipinski definition) is 3. The molecule has 36 heavy (non-hydrogen) atoms. The lowest BCUT2D eigenvalue weighted by atomic mass is 9.96. The largest absolute Gasteiger partial charge is 0.370 e. The van der Waals surface area contributed by atoms with Crippen molar-refractivity contribution in [2.45, 2.75) is 19.8 Å². The highest BCUT2D eigenvalue weighted by Gasteiger charge is 2.21. The number of hydrogen-bond donors (Lipinski definition) is 5. The first-order chi connectivity index (χ1) is 17.2. The van der Waals surface area contributed by atoms with Crippen LogP contribution < -0.4 is 16.8 Å². The van der Waals surface area contributed by atoms with Crippen LogP contribution in [0.1, 0.15) is 39.9 Å². The molecule has 0 spiro atoms. The van der Waals surface area contributed by atoms with E-state index in [1.165, 1.54) is 6.07 Å². The van der Waals surface area contributed by atoms with Gasteiger partial charge in [0.2, 0.25) is 0 Å². The van der Waals surface area contributed by atoms with E-state index in [0.29, 0.717) is 55.8 Å². The molecule has 2 aliphatic heterocycles. The highest BCUT2D eigenvalue weighted by molar-refractivity contribution is 6.05. The third-order valence-electron chi connectivity index (χ3n) is 6.66. The van der Waals surface area contributed by atoms with Crippen LogP contribution in [0.5, 0.6) is 0 Å². The first kappa shape index (κ1) is 24.9. The van der Waals surface area contributed by atoms with E-state index in [2.05, 4.69) is 5.32 Å². The van der Waals surface area contributed by atoms with Gasteiger partial charge in [0, 0.05) is 54.1 Å². The topological polar surface area (TPSA) is 135 Å². The standard InChI is InChI=1S/C26H29F2N7O/c1-15-22(5-4-20(23(15)28)17-8-12-35(13-9-17)26(31)32)33-24(36)18-2-3-19(21(27)14-18)16-6-10-34(11-7-16)25(29)30/h2-6,8,14H,7,9-13H2,1H3,(H3,29,30)(H3,31,32)(H,33,36). The molecule has 7 N–H and O–H groups in total. The molecule has 0 saturated heterocycles. The number of nitrogens with one attached hydrogen (secondary N) is 3. The van der Waals surface area contributed by atoms with Crippen LogP contribution >= 0.6 is 0 Å². The number of guanidine groups is 2. The molecule has 0 fully saturated rings. The maximum atomic E-state index is 15.2.